The first-order valence-electron chi connectivity index (χ1n) is 12.7. The molecule has 0 saturated heterocycles. The molecular formula is C30H26N4O6S2. The van der Waals surface area contributed by atoms with Crippen molar-refractivity contribution in [1.82, 2.24) is 4.98 Å². The van der Waals surface area contributed by atoms with E-state index in [1.807, 2.05) is 31.2 Å². The summed E-state index contributed by atoms with van der Waals surface area (Å²) in [5, 5.41) is 15.1. The summed E-state index contributed by atoms with van der Waals surface area (Å²) in [4.78, 5) is 28.4. The van der Waals surface area contributed by atoms with Gasteiger partial charge in [0.2, 0.25) is 5.91 Å². The van der Waals surface area contributed by atoms with E-state index in [0.717, 1.165) is 36.7 Å². The van der Waals surface area contributed by atoms with Crippen LogP contribution >= 0.6 is 11.3 Å². The summed E-state index contributed by atoms with van der Waals surface area (Å²) in [7, 11) is -2.89. The molecule has 0 spiro atoms. The van der Waals surface area contributed by atoms with Crippen LogP contribution in [0, 0.1) is 24.0 Å². The van der Waals surface area contributed by atoms with Gasteiger partial charge in [-0.2, -0.15) is 0 Å². The van der Waals surface area contributed by atoms with Gasteiger partial charge < -0.3 is 10.1 Å². The van der Waals surface area contributed by atoms with Crippen LogP contribution in [-0.2, 0) is 14.8 Å². The van der Waals surface area contributed by atoms with Crippen molar-refractivity contribution in [3.05, 3.63) is 106 Å². The maximum Gasteiger partial charge on any atom is 0.273 e. The average Bonchev–Trinajstić information content (AvgIpc) is 3.39. The summed E-state index contributed by atoms with van der Waals surface area (Å²) in [5.74, 6) is -0.103. The summed E-state index contributed by atoms with van der Waals surface area (Å²) in [6.07, 6.45) is 0. The SMILES string of the molecule is COc1ccc(N(CC(=O)Nc2ccc(-c3nc4ccc(C)cc4s3)cc2)S(=O)(=O)c2ccc(C)c([N+](=O)[O-])c2)cc1. The molecule has 0 aliphatic heterocycles. The molecule has 0 aliphatic rings. The van der Waals surface area contributed by atoms with Gasteiger partial charge in [-0.25, -0.2) is 13.4 Å². The monoisotopic (exact) mass is 602 g/mol. The molecule has 5 aromatic rings. The lowest BCUT2D eigenvalue weighted by molar-refractivity contribution is -0.385. The Morgan fingerprint density at radius 2 is 1.71 bits per heavy atom. The number of benzene rings is 4. The predicted octanol–water partition coefficient (Wildman–Crippen LogP) is 6.33. The lowest BCUT2D eigenvalue weighted by atomic mass is 10.2. The van der Waals surface area contributed by atoms with E-state index in [0.29, 0.717) is 17.0 Å². The van der Waals surface area contributed by atoms with E-state index in [-0.39, 0.29) is 16.3 Å². The number of hydrogen-bond donors (Lipinski definition) is 1. The smallest absolute Gasteiger partial charge is 0.273 e. The zero-order chi connectivity index (χ0) is 30.0. The van der Waals surface area contributed by atoms with Gasteiger partial charge in [-0.05, 0) is 86.1 Å². The van der Waals surface area contributed by atoms with E-state index in [2.05, 4.69) is 16.4 Å². The maximum atomic E-state index is 13.7. The number of fused-ring (bicyclic) bond motifs is 1. The van der Waals surface area contributed by atoms with Crippen LogP contribution in [0.15, 0.2) is 89.8 Å². The Morgan fingerprint density at radius 3 is 2.38 bits per heavy atom. The van der Waals surface area contributed by atoms with Crippen molar-refractivity contribution in [3.8, 4) is 16.3 Å². The van der Waals surface area contributed by atoms with Crippen LogP contribution in [0.1, 0.15) is 11.1 Å². The molecule has 0 aliphatic carbocycles. The van der Waals surface area contributed by atoms with E-state index in [4.69, 9.17) is 4.74 Å². The number of hydrogen-bond acceptors (Lipinski definition) is 8. The molecule has 1 heterocycles. The molecule has 4 aromatic carbocycles. The molecule has 0 saturated carbocycles. The van der Waals surface area contributed by atoms with E-state index in [9.17, 15) is 23.3 Å². The number of nitro groups is 1. The third-order valence-electron chi connectivity index (χ3n) is 6.57. The third-order valence-corrected chi connectivity index (χ3v) is 9.41. The highest BCUT2D eigenvalue weighted by Crippen LogP contribution is 2.32. The third kappa shape index (κ3) is 5.94. The van der Waals surface area contributed by atoms with Crippen LogP contribution < -0.4 is 14.4 Å². The number of thiazole rings is 1. The van der Waals surface area contributed by atoms with Crippen molar-refractivity contribution >= 4 is 54.5 Å². The van der Waals surface area contributed by atoms with Crippen LogP contribution in [0.2, 0.25) is 0 Å². The standard InChI is InChI=1S/C30H26N4O6S2/c1-19-4-15-26-28(16-19)41-30(32-26)21-6-8-22(9-7-21)31-29(35)18-33(23-10-12-24(40-3)13-11-23)42(38,39)25-14-5-20(2)27(17-25)34(36)37/h4-17H,18H2,1-3H3,(H,31,35). The number of nitrogens with zero attached hydrogens (tertiary/aromatic N) is 3. The lowest BCUT2D eigenvalue weighted by Crippen LogP contribution is -2.38. The van der Waals surface area contributed by atoms with E-state index >= 15 is 0 Å². The second-order valence-corrected chi connectivity index (χ2v) is 12.4. The van der Waals surface area contributed by atoms with Gasteiger partial charge >= 0.3 is 0 Å². The van der Waals surface area contributed by atoms with Gasteiger partial charge in [0.1, 0.15) is 17.3 Å². The number of ether oxygens (including phenoxy) is 1. The van der Waals surface area contributed by atoms with Gasteiger partial charge in [-0.1, -0.05) is 12.1 Å². The highest BCUT2D eigenvalue weighted by molar-refractivity contribution is 7.92. The lowest BCUT2D eigenvalue weighted by Gasteiger charge is -2.24. The Morgan fingerprint density at radius 1 is 1.00 bits per heavy atom. The minimum atomic E-state index is -4.37. The number of anilines is 2. The minimum absolute atomic E-state index is 0.190. The van der Waals surface area contributed by atoms with Gasteiger partial charge in [0.15, 0.2) is 0 Å². The Balaban J connectivity index is 1.40. The maximum absolute atomic E-state index is 13.7. The summed E-state index contributed by atoms with van der Waals surface area (Å²) < 4.78 is 34.7. The topological polar surface area (TPSA) is 132 Å². The molecular weight excluding hydrogens is 576 g/mol. The summed E-state index contributed by atoms with van der Waals surface area (Å²) in [5.41, 5.74) is 3.60. The first-order valence-corrected chi connectivity index (χ1v) is 15.0. The molecule has 1 N–H and O–H groups in total. The van der Waals surface area contributed by atoms with Crippen molar-refractivity contribution in [2.24, 2.45) is 0 Å². The fraction of sp³-hybridized carbons (Fsp3) is 0.133. The van der Waals surface area contributed by atoms with Crippen molar-refractivity contribution in [2.75, 3.05) is 23.3 Å². The Kier molecular flexibility index (Phi) is 7.92. The van der Waals surface area contributed by atoms with Gasteiger partial charge in [0.05, 0.1) is 32.8 Å². The predicted molar refractivity (Wildman–Crippen MR) is 164 cm³/mol. The number of nitrogens with one attached hydrogen (secondary N) is 1. The van der Waals surface area contributed by atoms with E-state index in [1.165, 1.54) is 38.3 Å². The first-order chi connectivity index (χ1) is 20.0. The highest BCUT2D eigenvalue weighted by Gasteiger charge is 2.29. The molecule has 0 radical (unpaired) electrons. The molecule has 12 heteroatoms. The van der Waals surface area contributed by atoms with Crippen molar-refractivity contribution in [2.45, 2.75) is 18.7 Å². The Hall–Kier alpha value is -4.81. The number of methoxy groups -OCH3 is 1. The summed E-state index contributed by atoms with van der Waals surface area (Å²) >= 11 is 1.57. The largest absolute Gasteiger partial charge is 0.497 e. The van der Waals surface area contributed by atoms with Crippen LogP contribution in [0.3, 0.4) is 0 Å². The van der Waals surface area contributed by atoms with Crippen LogP contribution in [0.25, 0.3) is 20.8 Å². The second kappa shape index (κ2) is 11.6. The molecule has 42 heavy (non-hydrogen) atoms. The van der Waals surface area contributed by atoms with Crippen molar-refractivity contribution < 1.29 is 22.9 Å². The molecule has 0 fully saturated rings. The molecule has 0 unspecified atom stereocenters. The number of aromatic nitrogens is 1. The molecule has 214 valence electrons. The number of nitro benzene ring substituents is 1. The van der Waals surface area contributed by atoms with Crippen LogP contribution in [-0.4, -0.2) is 37.9 Å². The van der Waals surface area contributed by atoms with E-state index in [1.54, 1.807) is 35.6 Å². The molecule has 5 rings (SSSR count). The number of amides is 1. The zero-order valence-corrected chi connectivity index (χ0v) is 24.5. The van der Waals surface area contributed by atoms with Crippen LogP contribution in [0.5, 0.6) is 5.75 Å². The highest BCUT2D eigenvalue weighted by atomic mass is 32.2. The van der Waals surface area contributed by atoms with Crippen molar-refractivity contribution in [3.63, 3.8) is 0 Å². The fourth-order valence-corrected chi connectivity index (χ4v) is 6.83. The van der Waals surface area contributed by atoms with Crippen molar-refractivity contribution in [1.29, 1.82) is 0 Å². The van der Waals surface area contributed by atoms with Gasteiger partial charge in [-0.3, -0.25) is 19.2 Å². The normalized spacial score (nSPS) is 11.3. The number of carbonyl (C=O) groups excluding carboxylic acids is 1. The number of carbonyl (C=O) groups is 1. The molecule has 1 amide bonds. The first kappa shape index (κ1) is 28.7. The quantitative estimate of drug-likeness (QED) is 0.154. The second-order valence-electron chi connectivity index (χ2n) is 9.53. The number of rotatable bonds is 9. The fourth-order valence-electron chi connectivity index (χ4n) is 4.32. The van der Waals surface area contributed by atoms with Gasteiger partial charge in [0, 0.05) is 22.9 Å². The van der Waals surface area contributed by atoms with E-state index < -0.39 is 27.4 Å². The molecule has 1 aromatic heterocycles. The summed E-state index contributed by atoms with van der Waals surface area (Å²) in [6, 6.07) is 23.0. The Bertz CT molecular complexity index is 1900. The molecule has 0 bridgehead atoms. The number of sulfonamides is 1. The van der Waals surface area contributed by atoms with Gasteiger partial charge in [0.25, 0.3) is 15.7 Å². The zero-order valence-electron chi connectivity index (χ0n) is 22.9. The van der Waals surface area contributed by atoms with Gasteiger partial charge in [-0.15, -0.1) is 11.3 Å². The molecule has 10 nitrogen and oxygen atoms in total. The summed E-state index contributed by atoms with van der Waals surface area (Å²) in [6.45, 7) is 2.98. The van der Waals surface area contributed by atoms with Crippen LogP contribution in [0.4, 0.5) is 17.1 Å². The molecule has 0 atom stereocenters. The Labute approximate surface area is 246 Å². The minimum Gasteiger partial charge on any atom is -0.497 e. The average molecular weight is 603 g/mol. The number of aryl methyl sites for hydroxylation is 2.